The molecule has 6 amide bonds. The van der Waals surface area contributed by atoms with E-state index < -0.39 is 101 Å². The molecule has 6 rings (SSSR count). The molecule has 9 N–H and O–H groups in total. The summed E-state index contributed by atoms with van der Waals surface area (Å²) in [5, 5.41) is 11.3. The molecule has 1 aliphatic carbocycles. The molecule has 0 spiro atoms. The van der Waals surface area contributed by atoms with Crippen LogP contribution in [-0.4, -0.2) is 122 Å². The van der Waals surface area contributed by atoms with E-state index in [1.165, 1.54) is 37.2 Å². The van der Waals surface area contributed by atoms with Gasteiger partial charge in [-0.1, -0.05) is 96.1 Å². The lowest BCUT2D eigenvalue weighted by Gasteiger charge is -2.27. The third-order valence-corrected chi connectivity index (χ3v) is 16.0. The Morgan fingerprint density at radius 3 is 2.12 bits per heavy atom. The second-order valence-corrected chi connectivity index (χ2v) is 22.3. The van der Waals surface area contributed by atoms with Crippen molar-refractivity contribution in [1.29, 1.82) is 0 Å². The number of amides is 6. The predicted molar refractivity (Wildman–Crippen MR) is 284 cm³/mol. The Morgan fingerprint density at radius 1 is 0.770 bits per heavy atom. The number of Topliss-reactive ketones (excluding diaryl/α,β-unsaturated/α-hetero) is 4. The Hall–Kier alpha value is -6.61. The summed E-state index contributed by atoms with van der Waals surface area (Å²) in [6.07, 6.45) is 5.42. The second-order valence-electron chi connectivity index (χ2n) is 19.7. The Labute approximate surface area is 439 Å². The van der Waals surface area contributed by atoms with Gasteiger partial charge in [-0.05, 0) is 74.1 Å². The van der Waals surface area contributed by atoms with Crippen LogP contribution in [0, 0.1) is 23.7 Å². The molecule has 2 aliphatic heterocycles. The fourth-order valence-corrected chi connectivity index (χ4v) is 12.0. The number of imidazole rings is 1. The number of aliphatic imine (C=N–C) groups is 1. The summed E-state index contributed by atoms with van der Waals surface area (Å²) >= 11 is 0. The van der Waals surface area contributed by atoms with Crippen LogP contribution in [0.25, 0.3) is 5.57 Å². The maximum Gasteiger partial charge on any atom is 0.325 e. The van der Waals surface area contributed by atoms with Gasteiger partial charge in [0.2, 0.25) is 17.7 Å². The highest BCUT2D eigenvalue weighted by atomic mass is 33.1. The number of rotatable bonds is 14. The van der Waals surface area contributed by atoms with Gasteiger partial charge in [0, 0.05) is 73.9 Å². The number of allylic oxidation sites excluding steroid dienone is 1. The average Bonchev–Trinajstić information content (AvgIpc) is 4.10. The molecule has 2 aromatic carbocycles. The van der Waals surface area contributed by atoms with Gasteiger partial charge in [0.1, 0.15) is 17.9 Å². The molecule has 0 saturated carbocycles. The second kappa shape index (κ2) is 27.1. The maximum atomic E-state index is 14.8. The van der Waals surface area contributed by atoms with E-state index >= 15 is 0 Å². The van der Waals surface area contributed by atoms with Gasteiger partial charge >= 0.3 is 6.03 Å². The molecule has 74 heavy (non-hydrogen) atoms. The molecular formula is C53H68N10O9S2. The number of aromatic nitrogens is 2. The summed E-state index contributed by atoms with van der Waals surface area (Å²) in [5.41, 5.74) is 15.3. The summed E-state index contributed by atoms with van der Waals surface area (Å²) in [5.74, 6) is -7.46. The molecule has 1 aromatic heterocycles. The lowest BCUT2D eigenvalue weighted by molar-refractivity contribution is -0.137. The molecule has 396 valence electrons. The Kier molecular flexibility index (Phi) is 20.7. The Morgan fingerprint density at radius 2 is 1.43 bits per heavy atom. The zero-order valence-corrected chi connectivity index (χ0v) is 43.9. The fraction of sp³-hybridized carbons (Fsp3) is 0.491. The monoisotopic (exact) mass is 1050 g/mol. The molecule has 3 aromatic rings. The van der Waals surface area contributed by atoms with Crippen LogP contribution < -0.4 is 32.7 Å². The summed E-state index contributed by atoms with van der Waals surface area (Å²) in [6, 6.07) is 10.2. The number of nitrogens with zero attached hydrogens (tertiary/aromatic N) is 3. The first-order valence-electron chi connectivity index (χ1n) is 25.1. The van der Waals surface area contributed by atoms with E-state index in [1.807, 2.05) is 50.3 Å². The van der Waals surface area contributed by atoms with Gasteiger partial charge in [-0.15, -0.1) is 0 Å². The number of nitrogens with one attached hydrogen (secondary N) is 5. The van der Waals surface area contributed by atoms with Crippen LogP contribution in [0.15, 0.2) is 78.2 Å². The zero-order valence-electron chi connectivity index (χ0n) is 42.3. The molecule has 0 bridgehead atoms. The van der Waals surface area contributed by atoms with Crippen molar-refractivity contribution in [2.24, 2.45) is 40.1 Å². The van der Waals surface area contributed by atoms with Crippen LogP contribution in [0.3, 0.4) is 0 Å². The van der Waals surface area contributed by atoms with Crippen molar-refractivity contribution >= 4 is 85.9 Å². The standard InChI is InChI=1S/C53H68N10O9S2/c1-30(2)19-43-51(71)63(53(72)62-43)44-28-74-73-27-38(32(4)64)25-47(67)42(22-35-17-16-34-13-8-9-15-40(34)35)61-48(68)36(14-10-18-57-52(54)55)23-46(66)41(20-33-11-6-5-7-12-33)60-49(69)37(21-39-26-56-29-58-39)24-45(65)31(3)59-50(44)70/h5-9,11-13,15,17,26,29-31,36-38,41-44H,10,14,16,18-25,27-28H2,1-4H3,(H,56,58)(H,59,70)(H,60,69)(H,61,68)(H,62,72)(H4,54,55,57)/t31-,36-,37-,38+,41-,42+,43+,44+/m1/s1. The molecule has 21 heteroatoms. The fourth-order valence-electron chi connectivity index (χ4n) is 9.36. The van der Waals surface area contributed by atoms with E-state index in [1.54, 1.807) is 24.3 Å². The highest BCUT2D eigenvalue weighted by molar-refractivity contribution is 8.76. The van der Waals surface area contributed by atoms with Crippen LogP contribution in [0.5, 0.6) is 0 Å². The topological polar surface area (TPSA) is 298 Å². The number of H-pyrrole nitrogens is 1. The van der Waals surface area contributed by atoms with E-state index in [2.05, 4.69) is 36.2 Å². The van der Waals surface area contributed by atoms with E-state index in [9.17, 15) is 43.2 Å². The third-order valence-electron chi connectivity index (χ3n) is 13.5. The van der Waals surface area contributed by atoms with E-state index in [0.717, 1.165) is 32.4 Å². The van der Waals surface area contributed by atoms with Crippen LogP contribution in [0.2, 0.25) is 0 Å². The van der Waals surface area contributed by atoms with Crippen molar-refractivity contribution in [3.63, 3.8) is 0 Å². The van der Waals surface area contributed by atoms with Gasteiger partial charge in [-0.2, -0.15) is 0 Å². The molecule has 3 heterocycles. The lowest BCUT2D eigenvalue weighted by Crippen LogP contribution is -2.54. The van der Waals surface area contributed by atoms with Crippen LogP contribution in [-0.2, 0) is 57.6 Å². The van der Waals surface area contributed by atoms with E-state index in [4.69, 9.17) is 11.5 Å². The van der Waals surface area contributed by atoms with Gasteiger partial charge < -0.3 is 37.7 Å². The molecule has 0 radical (unpaired) electrons. The summed E-state index contributed by atoms with van der Waals surface area (Å²) in [7, 11) is 2.30. The summed E-state index contributed by atoms with van der Waals surface area (Å²) in [6.45, 7) is 6.76. The minimum Gasteiger partial charge on any atom is -0.370 e. The van der Waals surface area contributed by atoms with Gasteiger partial charge in [-0.3, -0.25) is 43.3 Å². The largest absolute Gasteiger partial charge is 0.370 e. The predicted octanol–water partition coefficient (Wildman–Crippen LogP) is 3.80. The number of carbonyl (C=O) groups is 9. The number of benzene rings is 2. The van der Waals surface area contributed by atoms with Crippen molar-refractivity contribution in [3.05, 3.63) is 95.6 Å². The van der Waals surface area contributed by atoms with Crippen molar-refractivity contribution in [2.75, 3.05) is 18.1 Å². The summed E-state index contributed by atoms with van der Waals surface area (Å²) in [4.78, 5) is 140. The number of hydrogen-bond donors (Lipinski definition) is 7. The molecule has 2 fully saturated rings. The third kappa shape index (κ3) is 15.9. The number of hydrogen-bond acceptors (Lipinski definition) is 13. The van der Waals surface area contributed by atoms with Gasteiger partial charge in [0.25, 0.3) is 5.91 Å². The number of fused-ring (bicyclic) bond motifs is 1. The van der Waals surface area contributed by atoms with E-state index in [-0.39, 0.29) is 80.7 Å². The summed E-state index contributed by atoms with van der Waals surface area (Å²) < 4.78 is 0. The number of guanidine groups is 1. The molecule has 0 unspecified atom stereocenters. The number of nitrogens with two attached hydrogens (primary N) is 2. The SMILES string of the molecule is CC(=O)[C@@H]1CSSC[C@H](N2C(=O)N[C@@H](CC(C)C)C2=O)C(=O)N[C@H](C)C(=O)C[C@@H](Cc2cnc[nH]2)C(=O)N[C@H](Cc2ccccc2)C(=O)C[C@@H](CCCN=C(N)N)C(=O)N[C@@H](CC2=CCc3ccccc32)C(=O)C1. The minimum atomic E-state index is -1.39. The van der Waals surface area contributed by atoms with Crippen LogP contribution in [0.1, 0.15) is 95.0 Å². The smallest absolute Gasteiger partial charge is 0.325 e. The molecule has 19 nitrogen and oxygen atoms in total. The molecule has 8 atom stereocenters. The Bertz CT molecular complexity index is 2590. The number of imide groups is 1. The van der Waals surface area contributed by atoms with Crippen LogP contribution in [0.4, 0.5) is 4.79 Å². The zero-order chi connectivity index (χ0) is 53.5. The van der Waals surface area contributed by atoms with E-state index in [0.29, 0.717) is 24.1 Å². The first-order valence-corrected chi connectivity index (χ1v) is 27.6. The first kappa shape index (κ1) is 56.7. The lowest BCUT2D eigenvalue weighted by atomic mass is 9.88. The van der Waals surface area contributed by atoms with Crippen molar-refractivity contribution in [2.45, 2.75) is 122 Å². The molecule has 3 aliphatic rings. The normalized spacial score (nSPS) is 25.1. The van der Waals surface area contributed by atoms with Crippen LogP contribution >= 0.6 is 21.6 Å². The van der Waals surface area contributed by atoms with Gasteiger partial charge in [-0.25, -0.2) is 14.7 Å². The number of ketones is 4. The quantitative estimate of drug-likeness (QED) is 0.0398. The maximum absolute atomic E-state index is 14.8. The number of carbonyl (C=O) groups excluding carboxylic acids is 9. The molecular weight excluding hydrogens is 985 g/mol. The van der Waals surface area contributed by atoms with Crippen molar-refractivity contribution in [1.82, 2.24) is 36.1 Å². The minimum absolute atomic E-state index is 0.00588. The number of aromatic amines is 1. The Balaban J connectivity index is 1.38. The van der Waals surface area contributed by atoms with Gasteiger partial charge in [0.15, 0.2) is 23.3 Å². The first-order chi connectivity index (χ1) is 35.4. The average molecular weight is 1050 g/mol. The number of urea groups is 1. The van der Waals surface area contributed by atoms with Crippen molar-refractivity contribution in [3.8, 4) is 0 Å². The van der Waals surface area contributed by atoms with Gasteiger partial charge in [0.05, 0.1) is 30.4 Å². The highest BCUT2D eigenvalue weighted by Crippen LogP contribution is 2.33. The highest BCUT2D eigenvalue weighted by Gasteiger charge is 2.45. The van der Waals surface area contributed by atoms with Crippen molar-refractivity contribution < 1.29 is 43.2 Å². The molecule has 2 saturated heterocycles.